The normalized spacial score (nSPS) is 14.0. The van der Waals surface area contributed by atoms with Crippen LogP contribution in [-0.4, -0.2) is 60.0 Å². The maximum Gasteiger partial charge on any atom is 0.410 e. The molecule has 0 spiro atoms. The smallest absolute Gasteiger partial charge is 0.410 e. The Hall–Kier alpha value is -2.38. The SMILES string of the molecule is CCOC(=O)N(CC(=O)OC)CP(=O)(O)[C@@H](Cc1ccccc1)C(=O)[O-]. The maximum atomic E-state index is 12.7. The molecule has 0 aliphatic rings. The van der Waals surface area contributed by atoms with Crippen LogP contribution in [0.15, 0.2) is 30.3 Å². The third-order valence-electron chi connectivity index (χ3n) is 3.48. The highest BCUT2D eigenvalue weighted by atomic mass is 31.2. The molecule has 1 aromatic carbocycles. The lowest BCUT2D eigenvalue weighted by atomic mass is 10.1. The molecule has 0 saturated heterocycles. The van der Waals surface area contributed by atoms with E-state index in [1.807, 2.05) is 0 Å². The fourth-order valence-corrected chi connectivity index (χ4v) is 3.91. The molecule has 0 heterocycles. The summed E-state index contributed by atoms with van der Waals surface area (Å²) in [6.07, 6.45) is -2.16. The van der Waals surface area contributed by atoms with Gasteiger partial charge in [0.25, 0.3) is 0 Å². The van der Waals surface area contributed by atoms with Gasteiger partial charge in [-0.15, -0.1) is 0 Å². The Kier molecular flexibility index (Phi) is 8.28. The standard InChI is InChI=1S/C16H22NO8P/c1-3-25-16(21)17(10-14(18)24-2)11-26(22,23)13(15(19)20)9-12-7-5-4-6-8-12/h4-8,13H,3,9-11H2,1-2H3,(H,19,20)(H,22,23)/p-1/t13-/m0/s1. The molecule has 0 aliphatic heterocycles. The molecule has 26 heavy (non-hydrogen) atoms. The Bertz CT molecular complexity index is 678. The second-order valence-electron chi connectivity index (χ2n) is 5.39. The van der Waals surface area contributed by atoms with E-state index in [0.29, 0.717) is 10.5 Å². The molecule has 2 atom stereocenters. The summed E-state index contributed by atoms with van der Waals surface area (Å²) >= 11 is 0. The summed E-state index contributed by atoms with van der Waals surface area (Å²) in [5, 5.41) is 11.4. The van der Waals surface area contributed by atoms with Crippen LogP contribution in [0.2, 0.25) is 0 Å². The highest BCUT2D eigenvalue weighted by Crippen LogP contribution is 2.48. The van der Waals surface area contributed by atoms with E-state index < -0.39 is 43.9 Å². The van der Waals surface area contributed by atoms with Gasteiger partial charge in [-0.3, -0.25) is 14.3 Å². The van der Waals surface area contributed by atoms with Crippen LogP contribution in [0.5, 0.6) is 0 Å². The fraction of sp³-hybridized carbons (Fsp3) is 0.438. The van der Waals surface area contributed by atoms with Gasteiger partial charge in [0, 0.05) is 0 Å². The van der Waals surface area contributed by atoms with E-state index in [0.717, 1.165) is 7.11 Å². The van der Waals surface area contributed by atoms with Crippen molar-refractivity contribution >= 4 is 25.4 Å². The van der Waals surface area contributed by atoms with Crippen LogP contribution in [-0.2, 0) is 30.0 Å². The van der Waals surface area contributed by atoms with Gasteiger partial charge in [0.1, 0.15) is 12.8 Å². The second-order valence-corrected chi connectivity index (χ2v) is 7.81. The summed E-state index contributed by atoms with van der Waals surface area (Å²) in [6.45, 7) is 0.845. The molecule has 9 nitrogen and oxygen atoms in total. The number of hydrogen-bond acceptors (Lipinski definition) is 7. The molecule has 0 bridgehead atoms. The summed E-state index contributed by atoms with van der Waals surface area (Å²) in [5.74, 6) is -2.56. The zero-order valence-corrected chi connectivity index (χ0v) is 15.4. The zero-order valence-electron chi connectivity index (χ0n) is 14.5. The molecule has 1 unspecified atom stereocenters. The molecule has 0 radical (unpaired) electrons. The Morgan fingerprint density at radius 3 is 2.38 bits per heavy atom. The number of hydrogen-bond donors (Lipinski definition) is 1. The van der Waals surface area contributed by atoms with E-state index in [2.05, 4.69) is 4.74 Å². The largest absolute Gasteiger partial charge is 0.549 e. The summed E-state index contributed by atoms with van der Waals surface area (Å²) in [5.41, 5.74) is -1.23. The third kappa shape index (κ3) is 6.50. The molecule has 0 aliphatic carbocycles. The quantitative estimate of drug-likeness (QED) is 0.470. The number of ether oxygens (including phenoxy) is 2. The van der Waals surface area contributed by atoms with Crippen molar-refractivity contribution < 1.29 is 38.4 Å². The van der Waals surface area contributed by atoms with Crippen molar-refractivity contribution in [2.75, 3.05) is 26.5 Å². The van der Waals surface area contributed by atoms with Crippen LogP contribution in [0.25, 0.3) is 0 Å². The molecule has 144 valence electrons. The number of carbonyl (C=O) groups is 3. The van der Waals surface area contributed by atoms with Crippen LogP contribution in [0, 0.1) is 0 Å². The van der Waals surface area contributed by atoms with Crippen LogP contribution < -0.4 is 5.11 Å². The van der Waals surface area contributed by atoms with E-state index in [4.69, 9.17) is 4.74 Å². The minimum absolute atomic E-state index is 0.0276. The molecule has 0 saturated carbocycles. The van der Waals surface area contributed by atoms with Crippen LogP contribution >= 0.6 is 7.37 Å². The Morgan fingerprint density at radius 1 is 1.27 bits per heavy atom. The molecule has 0 fully saturated rings. The molecule has 1 rings (SSSR count). The van der Waals surface area contributed by atoms with Gasteiger partial charge < -0.3 is 24.3 Å². The monoisotopic (exact) mass is 386 g/mol. The van der Waals surface area contributed by atoms with Gasteiger partial charge >= 0.3 is 12.1 Å². The van der Waals surface area contributed by atoms with E-state index in [9.17, 15) is 28.9 Å². The molecule has 10 heteroatoms. The first-order valence-electron chi connectivity index (χ1n) is 7.76. The number of carbonyl (C=O) groups excluding carboxylic acids is 3. The molecule has 1 N–H and O–H groups in total. The predicted molar refractivity (Wildman–Crippen MR) is 89.4 cm³/mol. The van der Waals surface area contributed by atoms with Gasteiger partial charge in [-0.05, 0) is 18.9 Å². The van der Waals surface area contributed by atoms with Gasteiger partial charge in [0.2, 0.25) is 7.37 Å². The minimum atomic E-state index is -4.47. The second kappa shape index (κ2) is 9.94. The summed E-state index contributed by atoms with van der Waals surface area (Å²) in [7, 11) is -3.38. The van der Waals surface area contributed by atoms with Crippen molar-refractivity contribution in [1.82, 2.24) is 4.90 Å². The Morgan fingerprint density at radius 2 is 1.88 bits per heavy atom. The average molecular weight is 386 g/mol. The van der Waals surface area contributed by atoms with Gasteiger partial charge in [-0.1, -0.05) is 30.3 Å². The van der Waals surface area contributed by atoms with E-state index >= 15 is 0 Å². The first-order chi connectivity index (χ1) is 12.2. The van der Waals surface area contributed by atoms with Crippen molar-refractivity contribution in [3.05, 3.63) is 35.9 Å². The minimum Gasteiger partial charge on any atom is -0.549 e. The van der Waals surface area contributed by atoms with Gasteiger partial charge in [-0.25, -0.2) is 4.79 Å². The van der Waals surface area contributed by atoms with Gasteiger partial charge in [0.15, 0.2) is 0 Å². The average Bonchev–Trinajstić information content (AvgIpc) is 2.59. The number of carboxylic acids is 1. The lowest BCUT2D eigenvalue weighted by Gasteiger charge is -2.29. The van der Waals surface area contributed by atoms with E-state index in [1.54, 1.807) is 30.3 Å². The van der Waals surface area contributed by atoms with Crippen molar-refractivity contribution in [3.63, 3.8) is 0 Å². The summed E-state index contributed by atoms with van der Waals surface area (Å²) < 4.78 is 21.9. The predicted octanol–water partition coefficient (Wildman–Crippen LogP) is 0.207. The highest BCUT2D eigenvalue weighted by Gasteiger charge is 2.36. The number of nitrogens with zero attached hydrogens (tertiary/aromatic N) is 1. The number of esters is 1. The van der Waals surface area contributed by atoms with E-state index in [-0.39, 0.29) is 13.0 Å². The highest BCUT2D eigenvalue weighted by molar-refractivity contribution is 7.59. The van der Waals surface area contributed by atoms with Gasteiger partial charge in [-0.2, -0.15) is 0 Å². The molecule has 1 aromatic rings. The zero-order chi connectivity index (χ0) is 19.7. The lowest BCUT2D eigenvalue weighted by Crippen LogP contribution is -2.42. The van der Waals surface area contributed by atoms with Crippen LogP contribution in [0.4, 0.5) is 4.79 Å². The van der Waals surface area contributed by atoms with Crippen LogP contribution in [0.1, 0.15) is 12.5 Å². The topological polar surface area (TPSA) is 133 Å². The molecular weight excluding hydrogens is 365 g/mol. The third-order valence-corrected chi connectivity index (χ3v) is 5.59. The van der Waals surface area contributed by atoms with Crippen molar-refractivity contribution in [1.29, 1.82) is 0 Å². The van der Waals surface area contributed by atoms with Crippen molar-refractivity contribution in [2.45, 2.75) is 19.0 Å². The first kappa shape index (κ1) is 21.7. The van der Waals surface area contributed by atoms with Crippen molar-refractivity contribution in [2.24, 2.45) is 0 Å². The number of methoxy groups -OCH3 is 1. The Labute approximate surface area is 151 Å². The Balaban J connectivity index is 3.03. The molecule has 1 amide bonds. The van der Waals surface area contributed by atoms with Gasteiger partial charge in [0.05, 0.1) is 25.3 Å². The fourth-order valence-electron chi connectivity index (χ4n) is 2.18. The van der Waals surface area contributed by atoms with Crippen LogP contribution in [0.3, 0.4) is 0 Å². The first-order valence-corrected chi connectivity index (χ1v) is 9.67. The number of amides is 1. The maximum absolute atomic E-state index is 12.7. The number of carboxylic acid groups (broad SMARTS) is 1. The molecule has 0 aromatic heterocycles. The van der Waals surface area contributed by atoms with E-state index in [1.165, 1.54) is 6.92 Å². The number of benzene rings is 1. The van der Waals surface area contributed by atoms with Crippen molar-refractivity contribution in [3.8, 4) is 0 Å². The number of rotatable bonds is 9. The lowest BCUT2D eigenvalue weighted by molar-refractivity contribution is -0.305. The summed E-state index contributed by atoms with van der Waals surface area (Å²) in [6, 6.07) is 8.24. The molecular formula is C16H21NO8P-. The number of aliphatic carboxylic acids is 1. The summed E-state index contributed by atoms with van der Waals surface area (Å²) in [4.78, 5) is 45.8.